The molecule has 0 spiro atoms. The van der Waals surface area contributed by atoms with Gasteiger partial charge in [0.05, 0.1) is 7.11 Å². The zero-order valence-electron chi connectivity index (χ0n) is 11.7. The fourth-order valence-electron chi connectivity index (χ4n) is 2.45. The van der Waals surface area contributed by atoms with Crippen molar-refractivity contribution in [3.05, 3.63) is 23.8 Å². The second kappa shape index (κ2) is 6.06. The van der Waals surface area contributed by atoms with E-state index in [0.717, 1.165) is 30.8 Å². The summed E-state index contributed by atoms with van der Waals surface area (Å²) in [6, 6.07) is 5.93. The molecule has 2 rings (SSSR count). The van der Waals surface area contributed by atoms with Gasteiger partial charge in [0.2, 0.25) is 5.91 Å². The topological polar surface area (TPSA) is 55.6 Å². The Hall–Kier alpha value is -1.55. The number of hydrogen-bond acceptors (Lipinski definition) is 3. The van der Waals surface area contributed by atoms with Crippen LogP contribution >= 0.6 is 0 Å². The predicted octanol–water partition coefficient (Wildman–Crippen LogP) is 1.96. The van der Waals surface area contributed by atoms with Gasteiger partial charge < -0.3 is 15.4 Å². The first kappa shape index (κ1) is 13.9. The molecule has 1 aliphatic heterocycles. The van der Waals surface area contributed by atoms with E-state index in [-0.39, 0.29) is 11.8 Å². The van der Waals surface area contributed by atoms with E-state index in [1.807, 2.05) is 30.0 Å². The van der Waals surface area contributed by atoms with Gasteiger partial charge in [0.15, 0.2) is 0 Å². The van der Waals surface area contributed by atoms with E-state index >= 15 is 0 Å². The Bertz CT molecular complexity index is 459. The third-order valence-corrected chi connectivity index (χ3v) is 3.63. The first-order chi connectivity index (χ1) is 9.15. The molecule has 0 saturated heterocycles. The molecule has 2 N–H and O–H groups in total. The van der Waals surface area contributed by atoms with E-state index in [4.69, 9.17) is 10.5 Å². The van der Waals surface area contributed by atoms with Gasteiger partial charge >= 0.3 is 0 Å². The Labute approximate surface area is 114 Å². The van der Waals surface area contributed by atoms with Crippen molar-refractivity contribution >= 4 is 11.6 Å². The van der Waals surface area contributed by atoms with Gasteiger partial charge in [0.25, 0.3) is 0 Å². The minimum absolute atomic E-state index is 0.170. The monoisotopic (exact) mass is 262 g/mol. The highest BCUT2D eigenvalue weighted by Crippen LogP contribution is 2.31. The zero-order chi connectivity index (χ0) is 13.8. The minimum atomic E-state index is 0.170. The van der Waals surface area contributed by atoms with Crippen LogP contribution in [-0.4, -0.2) is 26.1 Å². The first-order valence-corrected chi connectivity index (χ1v) is 6.83. The molecule has 1 heterocycles. The Kier molecular flexibility index (Phi) is 4.43. The molecule has 0 saturated carbocycles. The van der Waals surface area contributed by atoms with E-state index in [2.05, 4.69) is 0 Å². The fourth-order valence-corrected chi connectivity index (χ4v) is 2.45. The minimum Gasteiger partial charge on any atom is -0.497 e. The molecule has 1 aliphatic rings. The van der Waals surface area contributed by atoms with Gasteiger partial charge in [-0.1, -0.05) is 6.92 Å². The molecule has 0 bridgehead atoms. The van der Waals surface area contributed by atoms with Crippen LogP contribution in [-0.2, 0) is 11.2 Å². The van der Waals surface area contributed by atoms with Gasteiger partial charge in [-0.25, -0.2) is 0 Å². The number of anilines is 1. The number of carbonyl (C=O) groups excluding carboxylic acids is 1. The highest BCUT2D eigenvalue weighted by molar-refractivity contribution is 5.94. The second-order valence-corrected chi connectivity index (χ2v) is 5.19. The SMILES string of the molecule is COc1ccc2c(c1)CCCN2C(=O)CC(C)CN. The summed E-state index contributed by atoms with van der Waals surface area (Å²) in [5.74, 6) is 1.25. The zero-order valence-corrected chi connectivity index (χ0v) is 11.7. The molecule has 0 fully saturated rings. The van der Waals surface area contributed by atoms with Gasteiger partial charge in [-0.15, -0.1) is 0 Å². The molecule has 0 radical (unpaired) electrons. The lowest BCUT2D eigenvalue weighted by molar-refractivity contribution is -0.119. The number of nitrogens with zero attached hydrogens (tertiary/aromatic N) is 1. The number of amides is 1. The molecule has 1 aromatic carbocycles. The third-order valence-electron chi connectivity index (χ3n) is 3.63. The molecule has 19 heavy (non-hydrogen) atoms. The Morgan fingerprint density at radius 1 is 1.53 bits per heavy atom. The number of fused-ring (bicyclic) bond motifs is 1. The molecule has 0 aromatic heterocycles. The van der Waals surface area contributed by atoms with E-state index in [1.54, 1.807) is 7.11 Å². The summed E-state index contributed by atoms with van der Waals surface area (Å²) in [4.78, 5) is 14.2. The second-order valence-electron chi connectivity index (χ2n) is 5.19. The quantitative estimate of drug-likeness (QED) is 0.902. The number of benzene rings is 1. The molecule has 1 unspecified atom stereocenters. The summed E-state index contributed by atoms with van der Waals surface area (Å²) < 4.78 is 5.24. The van der Waals surface area contributed by atoms with Crippen molar-refractivity contribution in [1.29, 1.82) is 0 Å². The van der Waals surface area contributed by atoms with Gasteiger partial charge in [0.1, 0.15) is 5.75 Å². The highest BCUT2D eigenvalue weighted by atomic mass is 16.5. The molecule has 104 valence electrons. The molecular weight excluding hydrogens is 240 g/mol. The van der Waals surface area contributed by atoms with Crippen LogP contribution in [0.25, 0.3) is 0 Å². The van der Waals surface area contributed by atoms with Crippen LogP contribution < -0.4 is 15.4 Å². The lowest BCUT2D eigenvalue weighted by Gasteiger charge is -2.30. The number of ether oxygens (including phenoxy) is 1. The van der Waals surface area contributed by atoms with Crippen molar-refractivity contribution in [2.24, 2.45) is 11.7 Å². The van der Waals surface area contributed by atoms with E-state index in [9.17, 15) is 4.79 Å². The van der Waals surface area contributed by atoms with Gasteiger partial charge in [-0.3, -0.25) is 4.79 Å². The maximum absolute atomic E-state index is 12.3. The van der Waals surface area contributed by atoms with E-state index < -0.39 is 0 Å². The van der Waals surface area contributed by atoms with Crippen molar-refractivity contribution in [1.82, 2.24) is 0 Å². The fraction of sp³-hybridized carbons (Fsp3) is 0.533. The van der Waals surface area contributed by atoms with Crippen LogP contribution in [0.1, 0.15) is 25.3 Å². The van der Waals surface area contributed by atoms with Crippen LogP contribution in [0.5, 0.6) is 5.75 Å². The molecule has 1 amide bonds. The summed E-state index contributed by atoms with van der Waals surface area (Å²) in [7, 11) is 1.66. The largest absolute Gasteiger partial charge is 0.497 e. The number of rotatable bonds is 4. The van der Waals surface area contributed by atoms with Gasteiger partial charge in [-0.2, -0.15) is 0 Å². The number of methoxy groups -OCH3 is 1. The van der Waals surface area contributed by atoms with Crippen molar-refractivity contribution in [3.8, 4) is 5.75 Å². The molecule has 0 aliphatic carbocycles. The number of aryl methyl sites for hydroxylation is 1. The summed E-state index contributed by atoms with van der Waals surface area (Å²) in [5, 5.41) is 0. The van der Waals surface area contributed by atoms with Crippen molar-refractivity contribution in [3.63, 3.8) is 0 Å². The predicted molar refractivity (Wildman–Crippen MR) is 76.5 cm³/mol. The van der Waals surface area contributed by atoms with E-state index in [1.165, 1.54) is 5.56 Å². The standard InChI is InChI=1S/C15H22N2O2/c1-11(10-16)8-15(18)17-7-3-4-12-9-13(19-2)5-6-14(12)17/h5-6,9,11H,3-4,7-8,10,16H2,1-2H3. The van der Waals surface area contributed by atoms with Gasteiger partial charge in [0, 0.05) is 18.7 Å². The maximum Gasteiger partial charge on any atom is 0.227 e. The first-order valence-electron chi connectivity index (χ1n) is 6.83. The van der Waals surface area contributed by atoms with E-state index in [0.29, 0.717) is 13.0 Å². The summed E-state index contributed by atoms with van der Waals surface area (Å²) in [5.41, 5.74) is 7.82. The average Bonchev–Trinajstić information content (AvgIpc) is 2.45. The molecule has 1 atom stereocenters. The Morgan fingerprint density at radius 2 is 2.32 bits per heavy atom. The lowest BCUT2D eigenvalue weighted by Crippen LogP contribution is -2.36. The highest BCUT2D eigenvalue weighted by Gasteiger charge is 2.23. The van der Waals surface area contributed by atoms with Crippen molar-refractivity contribution in [2.45, 2.75) is 26.2 Å². The molecule has 4 nitrogen and oxygen atoms in total. The molecular formula is C15H22N2O2. The third kappa shape index (κ3) is 3.07. The molecule has 1 aromatic rings. The van der Waals surface area contributed by atoms with Gasteiger partial charge in [-0.05, 0) is 49.1 Å². The average molecular weight is 262 g/mol. The summed E-state index contributed by atoms with van der Waals surface area (Å²) >= 11 is 0. The lowest BCUT2D eigenvalue weighted by atomic mass is 9.99. The van der Waals surface area contributed by atoms with Crippen molar-refractivity contribution in [2.75, 3.05) is 25.1 Å². The van der Waals surface area contributed by atoms with Crippen LogP contribution in [0.2, 0.25) is 0 Å². The van der Waals surface area contributed by atoms with Crippen LogP contribution in [0.4, 0.5) is 5.69 Å². The van der Waals surface area contributed by atoms with Crippen LogP contribution in [0, 0.1) is 5.92 Å². The normalized spacial score (nSPS) is 15.8. The van der Waals surface area contributed by atoms with Crippen LogP contribution in [0.15, 0.2) is 18.2 Å². The Balaban J connectivity index is 2.20. The smallest absolute Gasteiger partial charge is 0.227 e. The molecule has 4 heteroatoms. The van der Waals surface area contributed by atoms with Crippen molar-refractivity contribution < 1.29 is 9.53 Å². The Morgan fingerprint density at radius 3 is 3.00 bits per heavy atom. The van der Waals surface area contributed by atoms with Crippen LogP contribution in [0.3, 0.4) is 0 Å². The number of carbonyl (C=O) groups is 1. The number of hydrogen-bond donors (Lipinski definition) is 1. The summed E-state index contributed by atoms with van der Waals surface area (Å²) in [6.45, 7) is 3.36. The maximum atomic E-state index is 12.3. The number of nitrogens with two attached hydrogens (primary N) is 1. The summed E-state index contributed by atoms with van der Waals surface area (Å²) in [6.07, 6.45) is 2.52.